The normalized spacial score (nSPS) is 32.6. The second-order valence-corrected chi connectivity index (χ2v) is 6.58. The van der Waals surface area contributed by atoms with Crippen LogP contribution in [0.4, 0.5) is 0 Å². The fraction of sp³-hybridized carbons (Fsp3) is 0.875. The van der Waals surface area contributed by atoms with Gasteiger partial charge in [0, 0.05) is 6.04 Å². The number of hydrogen-bond donors (Lipinski definition) is 1. The van der Waals surface area contributed by atoms with Crippen LogP contribution in [0.15, 0.2) is 12.2 Å². The zero-order valence-corrected chi connectivity index (χ0v) is 11.8. The third-order valence-electron chi connectivity index (χ3n) is 4.65. The first kappa shape index (κ1) is 13.1. The van der Waals surface area contributed by atoms with Crippen LogP contribution in [0.5, 0.6) is 0 Å². The summed E-state index contributed by atoms with van der Waals surface area (Å²) in [5.41, 5.74) is 0. The molecule has 2 rings (SSSR count). The number of unbranched alkanes of at least 4 members (excludes halogenated alkanes) is 1. The average molecular weight is 235 g/mol. The lowest BCUT2D eigenvalue weighted by molar-refractivity contribution is 0.325. The van der Waals surface area contributed by atoms with E-state index in [1.807, 2.05) is 0 Å². The molecule has 1 fully saturated rings. The molecule has 0 spiro atoms. The van der Waals surface area contributed by atoms with Crippen LogP contribution in [0.2, 0.25) is 0 Å². The van der Waals surface area contributed by atoms with Crippen molar-refractivity contribution in [2.24, 2.45) is 23.7 Å². The number of nitrogens with one attached hydrogen (secondary N) is 1. The molecule has 1 nitrogen and oxygen atoms in total. The molecule has 4 atom stereocenters. The average Bonchev–Trinajstić information content (AvgIpc) is 2.89. The molecule has 0 heterocycles. The Morgan fingerprint density at radius 1 is 1.12 bits per heavy atom. The van der Waals surface area contributed by atoms with E-state index in [1.54, 1.807) is 0 Å². The number of allylic oxidation sites excluding steroid dienone is 2. The molecule has 0 aromatic heterocycles. The van der Waals surface area contributed by atoms with E-state index in [2.05, 4.69) is 38.2 Å². The molecule has 1 saturated carbocycles. The van der Waals surface area contributed by atoms with Crippen molar-refractivity contribution in [3.05, 3.63) is 12.2 Å². The highest BCUT2D eigenvalue weighted by molar-refractivity contribution is 5.11. The van der Waals surface area contributed by atoms with Gasteiger partial charge in [-0.1, -0.05) is 38.8 Å². The molecule has 4 unspecified atom stereocenters. The lowest BCUT2D eigenvalue weighted by Crippen LogP contribution is -2.36. The Morgan fingerprint density at radius 2 is 1.94 bits per heavy atom. The summed E-state index contributed by atoms with van der Waals surface area (Å²) in [5, 5.41) is 3.75. The van der Waals surface area contributed by atoms with Crippen molar-refractivity contribution in [2.75, 3.05) is 6.54 Å². The molecular weight excluding hydrogens is 206 g/mol. The first-order chi connectivity index (χ1) is 8.16. The van der Waals surface area contributed by atoms with Gasteiger partial charge in [0.25, 0.3) is 0 Å². The summed E-state index contributed by atoms with van der Waals surface area (Å²) in [5.74, 6) is 3.58. The summed E-state index contributed by atoms with van der Waals surface area (Å²) in [6.45, 7) is 8.24. The highest BCUT2D eigenvalue weighted by Gasteiger charge is 2.38. The molecule has 0 aromatic carbocycles. The maximum absolute atomic E-state index is 3.75. The van der Waals surface area contributed by atoms with Gasteiger partial charge in [0.05, 0.1) is 0 Å². The predicted molar refractivity (Wildman–Crippen MR) is 75.0 cm³/mol. The topological polar surface area (TPSA) is 12.0 Å². The number of rotatable bonds is 7. The minimum atomic E-state index is 0.717. The molecule has 2 bridgehead atoms. The van der Waals surface area contributed by atoms with Crippen LogP contribution in [-0.4, -0.2) is 12.6 Å². The standard InChI is InChI=1S/C16H29N/c1-12(2)6-4-5-9-17-13(3)16-11-14-7-8-15(16)10-14/h7-8,12-17H,4-6,9-11H2,1-3H3. The summed E-state index contributed by atoms with van der Waals surface area (Å²) in [4.78, 5) is 0. The van der Waals surface area contributed by atoms with Crippen LogP contribution in [0.25, 0.3) is 0 Å². The summed E-state index contributed by atoms with van der Waals surface area (Å²) in [6, 6.07) is 0.717. The van der Waals surface area contributed by atoms with Crippen LogP contribution >= 0.6 is 0 Å². The summed E-state index contributed by atoms with van der Waals surface area (Å²) in [7, 11) is 0. The minimum Gasteiger partial charge on any atom is -0.314 e. The lowest BCUT2D eigenvalue weighted by Gasteiger charge is -2.26. The Balaban J connectivity index is 1.58. The predicted octanol–water partition coefficient (Wildman–Crippen LogP) is 4.00. The van der Waals surface area contributed by atoms with Gasteiger partial charge in [-0.25, -0.2) is 0 Å². The van der Waals surface area contributed by atoms with Crippen molar-refractivity contribution in [3.63, 3.8) is 0 Å². The van der Waals surface area contributed by atoms with E-state index in [0.717, 1.165) is 23.7 Å². The van der Waals surface area contributed by atoms with E-state index < -0.39 is 0 Å². The van der Waals surface area contributed by atoms with Crippen molar-refractivity contribution in [2.45, 2.75) is 58.9 Å². The van der Waals surface area contributed by atoms with Gasteiger partial charge in [0.15, 0.2) is 0 Å². The van der Waals surface area contributed by atoms with E-state index >= 15 is 0 Å². The molecular formula is C16H29N. The second kappa shape index (κ2) is 6.04. The third kappa shape index (κ3) is 3.58. The van der Waals surface area contributed by atoms with Crippen molar-refractivity contribution < 1.29 is 0 Å². The Hall–Kier alpha value is -0.300. The summed E-state index contributed by atoms with van der Waals surface area (Å²) in [6.07, 6.45) is 11.9. The van der Waals surface area contributed by atoms with Crippen LogP contribution < -0.4 is 5.32 Å². The van der Waals surface area contributed by atoms with Gasteiger partial charge in [-0.15, -0.1) is 0 Å². The maximum atomic E-state index is 3.75. The molecule has 0 saturated heterocycles. The quantitative estimate of drug-likeness (QED) is 0.519. The molecule has 1 N–H and O–H groups in total. The Bertz CT molecular complexity index is 256. The van der Waals surface area contributed by atoms with Gasteiger partial charge in [-0.2, -0.15) is 0 Å². The highest BCUT2D eigenvalue weighted by atomic mass is 14.9. The molecule has 0 aliphatic heterocycles. The van der Waals surface area contributed by atoms with Crippen molar-refractivity contribution >= 4 is 0 Å². The van der Waals surface area contributed by atoms with Crippen LogP contribution in [0.3, 0.4) is 0 Å². The number of hydrogen-bond acceptors (Lipinski definition) is 1. The highest BCUT2D eigenvalue weighted by Crippen LogP contribution is 2.44. The smallest absolute Gasteiger partial charge is 0.00728 e. The SMILES string of the molecule is CC(C)CCCCNC(C)C1CC2C=CC1C2. The monoisotopic (exact) mass is 235 g/mol. The molecule has 1 heteroatoms. The first-order valence-corrected chi connectivity index (χ1v) is 7.58. The Kier molecular flexibility index (Phi) is 4.67. The van der Waals surface area contributed by atoms with Gasteiger partial charge < -0.3 is 5.32 Å². The fourth-order valence-corrected chi connectivity index (χ4v) is 3.56. The van der Waals surface area contributed by atoms with Gasteiger partial charge in [-0.05, 0) is 56.4 Å². The maximum Gasteiger partial charge on any atom is 0.00728 e. The third-order valence-corrected chi connectivity index (χ3v) is 4.65. The lowest BCUT2D eigenvalue weighted by atomic mass is 9.87. The van der Waals surface area contributed by atoms with E-state index in [0.29, 0.717) is 6.04 Å². The molecule has 17 heavy (non-hydrogen) atoms. The van der Waals surface area contributed by atoms with Crippen molar-refractivity contribution in [1.82, 2.24) is 5.32 Å². The molecule has 0 radical (unpaired) electrons. The summed E-state index contributed by atoms with van der Waals surface area (Å²) >= 11 is 0. The van der Waals surface area contributed by atoms with E-state index in [-0.39, 0.29) is 0 Å². The Labute approximate surface area is 107 Å². The van der Waals surface area contributed by atoms with Crippen LogP contribution in [-0.2, 0) is 0 Å². The van der Waals surface area contributed by atoms with Crippen LogP contribution in [0.1, 0.15) is 52.9 Å². The zero-order valence-electron chi connectivity index (χ0n) is 11.8. The minimum absolute atomic E-state index is 0.717. The molecule has 2 aliphatic rings. The largest absolute Gasteiger partial charge is 0.314 e. The molecule has 2 aliphatic carbocycles. The zero-order chi connectivity index (χ0) is 12.3. The molecule has 0 aromatic rings. The summed E-state index contributed by atoms with van der Waals surface area (Å²) < 4.78 is 0. The van der Waals surface area contributed by atoms with Gasteiger partial charge >= 0.3 is 0 Å². The fourth-order valence-electron chi connectivity index (χ4n) is 3.56. The second-order valence-electron chi connectivity index (χ2n) is 6.58. The molecule has 98 valence electrons. The molecule has 0 amide bonds. The van der Waals surface area contributed by atoms with Crippen molar-refractivity contribution in [1.29, 1.82) is 0 Å². The van der Waals surface area contributed by atoms with E-state index in [1.165, 1.54) is 38.6 Å². The first-order valence-electron chi connectivity index (χ1n) is 7.58. The van der Waals surface area contributed by atoms with Gasteiger partial charge in [-0.3, -0.25) is 0 Å². The van der Waals surface area contributed by atoms with E-state index in [9.17, 15) is 0 Å². The van der Waals surface area contributed by atoms with Gasteiger partial charge in [0.1, 0.15) is 0 Å². The van der Waals surface area contributed by atoms with Gasteiger partial charge in [0.2, 0.25) is 0 Å². The number of fused-ring (bicyclic) bond motifs is 2. The van der Waals surface area contributed by atoms with Crippen LogP contribution in [0, 0.1) is 23.7 Å². The van der Waals surface area contributed by atoms with E-state index in [4.69, 9.17) is 0 Å². The Morgan fingerprint density at radius 3 is 2.53 bits per heavy atom. The van der Waals surface area contributed by atoms with Crippen molar-refractivity contribution in [3.8, 4) is 0 Å².